The minimum atomic E-state index is -4.64. The highest BCUT2D eigenvalue weighted by Crippen LogP contribution is 2.39. The Morgan fingerprint density at radius 1 is 1.16 bits per heavy atom. The third-order valence-corrected chi connectivity index (χ3v) is 6.37. The fraction of sp³-hybridized carbons (Fsp3) is 0.208. The first-order valence-electron chi connectivity index (χ1n) is 10.4. The number of hydrogen-bond donors (Lipinski definition) is 1. The number of thioether (sulfide) groups is 1. The molecule has 0 atom stereocenters. The number of methoxy groups -OCH3 is 2. The zero-order chi connectivity index (χ0) is 27.3. The number of imide groups is 1. The van der Waals surface area contributed by atoms with Crippen LogP contribution in [0.4, 0.5) is 23.7 Å². The minimum Gasteiger partial charge on any atom is -0.495 e. The summed E-state index contributed by atoms with van der Waals surface area (Å²) in [6.07, 6.45) is -1.63. The Balaban J connectivity index is 1.78. The predicted molar refractivity (Wildman–Crippen MR) is 136 cm³/mol. The van der Waals surface area contributed by atoms with E-state index in [0.717, 1.165) is 12.1 Å². The van der Waals surface area contributed by atoms with Gasteiger partial charge in [0.25, 0.3) is 11.1 Å². The largest absolute Gasteiger partial charge is 0.495 e. The Hall–Kier alpha value is -3.45. The molecule has 2 aromatic carbocycles. The number of nitrogens with one attached hydrogen (secondary N) is 1. The molecule has 196 valence electrons. The lowest BCUT2D eigenvalue weighted by atomic mass is 10.1. The molecule has 37 heavy (non-hydrogen) atoms. The molecule has 8 nitrogen and oxygen atoms in total. The van der Waals surface area contributed by atoms with Crippen LogP contribution in [0.1, 0.15) is 11.1 Å². The summed E-state index contributed by atoms with van der Waals surface area (Å²) in [5, 5.41) is 1.56. The standard InChI is InChI=1S/C24H20BrF3N2O6S/c1-4-7-36-21-15(25)8-13(9-18(21)35-3)10-19-22(32)30(23(33)37-19)12-20(31)29-16-11-14(24(26,27)28)5-6-17(16)34-2/h4-6,8-11H,1,7,12H2,2-3H3,(H,29,31)/b19-10-. The highest BCUT2D eigenvalue weighted by Gasteiger charge is 2.37. The molecule has 0 unspecified atom stereocenters. The van der Waals surface area contributed by atoms with Crippen molar-refractivity contribution in [2.24, 2.45) is 0 Å². The van der Waals surface area contributed by atoms with E-state index in [2.05, 4.69) is 27.8 Å². The molecule has 1 aliphatic heterocycles. The van der Waals surface area contributed by atoms with E-state index in [1.54, 1.807) is 18.2 Å². The summed E-state index contributed by atoms with van der Waals surface area (Å²) < 4.78 is 55.6. The van der Waals surface area contributed by atoms with Crippen molar-refractivity contribution in [1.82, 2.24) is 4.90 Å². The van der Waals surface area contributed by atoms with Gasteiger partial charge in [0.15, 0.2) is 11.5 Å². The molecule has 0 saturated carbocycles. The molecule has 0 aliphatic carbocycles. The van der Waals surface area contributed by atoms with Gasteiger partial charge in [0, 0.05) is 0 Å². The lowest BCUT2D eigenvalue weighted by Gasteiger charge is -2.16. The lowest BCUT2D eigenvalue weighted by molar-refractivity contribution is -0.137. The smallest absolute Gasteiger partial charge is 0.416 e. The molecule has 0 aromatic heterocycles. The van der Waals surface area contributed by atoms with Crippen molar-refractivity contribution in [3.8, 4) is 17.2 Å². The first-order valence-corrected chi connectivity index (χ1v) is 12.0. The fourth-order valence-corrected chi connectivity index (χ4v) is 4.62. The molecule has 3 rings (SSSR count). The summed E-state index contributed by atoms with van der Waals surface area (Å²) in [7, 11) is 2.67. The van der Waals surface area contributed by atoms with E-state index in [0.29, 0.717) is 44.3 Å². The summed E-state index contributed by atoms with van der Waals surface area (Å²) in [6.45, 7) is 3.12. The molecule has 1 saturated heterocycles. The maximum Gasteiger partial charge on any atom is 0.416 e. The summed E-state index contributed by atoms with van der Waals surface area (Å²) in [4.78, 5) is 38.6. The number of carbonyl (C=O) groups excluding carboxylic acids is 3. The first kappa shape index (κ1) is 28.1. The second kappa shape index (κ2) is 11.7. The van der Waals surface area contributed by atoms with Gasteiger partial charge in [0.2, 0.25) is 5.91 Å². The second-order valence-corrected chi connectivity index (χ2v) is 9.21. The number of amides is 3. The Morgan fingerprint density at radius 2 is 1.86 bits per heavy atom. The van der Waals surface area contributed by atoms with Crippen LogP contribution in [0, 0.1) is 0 Å². The van der Waals surface area contributed by atoms with E-state index >= 15 is 0 Å². The Labute approximate surface area is 222 Å². The van der Waals surface area contributed by atoms with Crippen LogP contribution < -0.4 is 19.5 Å². The minimum absolute atomic E-state index is 0.0181. The predicted octanol–water partition coefficient (Wildman–Crippen LogP) is 5.72. The van der Waals surface area contributed by atoms with Gasteiger partial charge < -0.3 is 19.5 Å². The number of anilines is 1. The van der Waals surface area contributed by atoms with Crippen LogP contribution in [0.25, 0.3) is 6.08 Å². The highest BCUT2D eigenvalue weighted by atomic mass is 79.9. The van der Waals surface area contributed by atoms with Crippen LogP contribution in [0.3, 0.4) is 0 Å². The molecule has 1 aliphatic rings. The molecule has 1 N–H and O–H groups in total. The molecular weight excluding hydrogens is 581 g/mol. The van der Waals surface area contributed by atoms with Crippen molar-refractivity contribution in [2.75, 3.05) is 32.7 Å². The van der Waals surface area contributed by atoms with Crippen LogP contribution >= 0.6 is 27.7 Å². The maximum absolute atomic E-state index is 13.1. The van der Waals surface area contributed by atoms with Gasteiger partial charge in [0.1, 0.15) is 18.9 Å². The van der Waals surface area contributed by atoms with Crippen LogP contribution in [0.2, 0.25) is 0 Å². The number of benzene rings is 2. The van der Waals surface area contributed by atoms with Gasteiger partial charge in [-0.3, -0.25) is 19.3 Å². The number of hydrogen-bond acceptors (Lipinski definition) is 7. The van der Waals surface area contributed by atoms with Crippen molar-refractivity contribution in [1.29, 1.82) is 0 Å². The van der Waals surface area contributed by atoms with Gasteiger partial charge >= 0.3 is 6.18 Å². The first-order chi connectivity index (χ1) is 17.5. The Kier molecular flexibility index (Phi) is 8.92. The summed E-state index contributed by atoms with van der Waals surface area (Å²) in [5.74, 6) is -0.835. The molecular formula is C24H20BrF3N2O6S. The summed E-state index contributed by atoms with van der Waals surface area (Å²) in [6, 6.07) is 5.83. The molecule has 2 aromatic rings. The molecule has 1 heterocycles. The third-order valence-electron chi connectivity index (χ3n) is 4.87. The van der Waals surface area contributed by atoms with E-state index in [9.17, 15) is 27.6 Å². The average molecular weight is 601 g/mol. The van der Waals surface area contributed by atoms with Crippen LogP contribution in [-0.2, 0) is 15.8 Å². The van der Waals surface area contributed by atoms with E-state index in [4.69, 9.17) is 14.2 Å². The molecule has 13 heteroatoms. The number of halogens is 4. The van der Waals surface area contributed by atoms with Crippen molar-refractivity contribution >= 4 is 56.5 Å². The number of ether oxygens (including phenoxy) is 3. The van der Waals surface area contributed by atoms with E-state index in [-0.39, 0.29) is 22.9 Å². The van der Waals surface area contributed by atoms with Gasteiger partial charge in [-0.25, -0.2) is 0 Å². The van der Waals surface area contributed by atoms with Crippen LogP contribution in [-0.4, -0.2) is 49.3 Å². The summed E-state index contributed by atoms with van der Waals surface area (Å²) in [5.41, 5.74) is -0.737. The number of rotatable bonds is 9. The van der Waals surface area contributed by atoms with Gasteiger partial charge in [-0.15, -0.1) is 0 Å². The van der Waals surface area contributed by atoms with Gasteiger partial charge in [-0.2, -0.15) is 13.2 Å². The Morgan fingerprint density at radius 3 is 2.49 bits per heavy atom. The fourth-order valence-electron chi connectivity index (χ4n) is 3.21. The SMILES string of the molecule is C=CCOc1c(Br)cc(/C=C2\SC(=O)N(CC(=O)Nc3cc(C(F)(F)F)ccc3OC)C2=O)cc1OC. The normalized spacial score (nSPS) is 14.6. The van der Waals surface area contributed by atoms with Crippen LogP contribution in [0.5, 0.6) is 17.2 Å². The topological polar surface area (TPSA) is 94.2 Å². The van der Waals surface area contributed by atoms with E-state index in [1.807, 2.05) is 0 Å². The zero-order valence-electron chi connectivity index (χ0n) is 19.5. The van der Waals surface area contributed by atoms with Gasteiger partial charge in [-0.05, 0) is 69.7 Å². The van der Waals surface area contributed by atoms with Gasteiger partial charge in [0.05, 0.1) is 34.8 Å². The number of alkyl halides is 3. The zero-order valence-corrected chi connectivity index (χ0v) is 21.9. The average Bonchev–Trinajstić information content (AvgIpc) is 3.09. The van der Waals surface area contributed by atoms with Crippen molar-refractivity contribution < 1.29 is 41.8 Å². The van der Waals surface area contributed by atoms with Crippen molar-refractivity contribution in [2.45, 2.75) is 6.18 Å². The molecule has 0 bridgehead atoms. The van der Waals surface area contributed by atoms with Crippen molar-refractivity contribution in [3.05, 3.63) is 63.5 Å². The lowest BCUT2D eigenvalue weighted by Crippen LogP contribution is -2.36. The maximum atomic E-state index is 13.1. The molecule has 1 fully saturated rings. The van der Waals surface area contributed by atoms with E-state index < -0.39 is 35.3 Å². The van der Waals surface area contributed by atoms with Crippen molar-refractivity contribution in [3.63, 3.8) is 0 Å². The molecule has 0 radical (unpaired) electrons. The molecule has 3 amide bonds. The number of carbonyl (C=O) groups is 3. The third kappa shape index (κ3) is 6.66. The Bertz CT molecular complexity index is 1280. The highest BCUT2D eigenvalue weighted by molar-refractivity contribution is 9.10. The van der Waals surface area contributed by atoms with Crippen LogP contribution in [0.15, 0.2) is 52.4 Å². The van der Waals surface area contributed by atoms with Gasteiger partial charge in [-0.1, -0.05) is 12.7 Å². The quantitative estimate of drug-likeness (QED) is 0.290. The molecule has 0 spiro atoms. The monoisotopic (exact) mass is 600 g/mol. The summed E-state index contributed by atoms with van der Waals surface area (Å²) >= 11 is 4.00. The number of nitrogens with zero attached hydrogens (tertiary/aromatic N) is 1. The van der Waals surface area contributed by atoms with E-state index in [1.165, 1.54) is 20.3 Å². The second-order valence-electron chi connectivity index (χ2n) is 7.36.